The Morgan fingerprint density at radius 2 is 1.92 bits per heavy atom. The van der Waals surface area contributed by atoms with Crippen LogP contribution in [-0.4, -0.2) is 6.10 Å². The van der Waals surface area contributed by atoms with Crippen LogP contribution in [0.1, 0.15) is 20.3 Å². The highest BCUT2D eigenvalue weighted by atomic mass is 32.1. The van der Waals surface area contributed by atoms with Crippen molar-refractivity contribution in [2.45, 2.75) is 31.3 Å². The first kappa shape index (κ1) is 9.33. The van der Waals surface area contributed by atoms with Crippen molar-refractivity contribution in [2.75, 3.05) is 0 Å². The molecule has 1 rings (SSSR count). The molecule has 1 unspecified atom stereocenters. The monoisotopic (exact) mass is 181 g/mol. The van der Waals surface area contributed by atoms with Crippen LogP contribution < -0.4 is 4.74 Å². The minimum Gasteiger partial charge on any atom is -0.491 e. The molecule has 0 spiro atoms. The van der Waals surface area contributed by atoms with Gasteiger partial charge in [-0.3, -0.25) is 0 Å². The Kier molecular flexibility index (Phi) is 3.35. The summed E-state index contributed by atoms with van der Waals surface area (Å²) in [6, 6.07) is 7.59. The molecule has 0 bridgehead atoms. The zero-order valence-electron chi connectivity index (χ0n) is 7.41. The summed E-state index contributed by atoms with van der Waals surface area (Å²) in [5.41, 5.74) is 0. The van der Waals surface area contributed by atoms with Crippen molar-refractivity contribution >= 4 is 12.6 Å². The number of benzene rings is 1. The summed E-state index contributed by atoms with van der Waals surface area (Å²) in [4.78, 5) is 0.853. The Morgan fingerprint density at radius 1 is 1.33 bits per heavy atom. The molecule has 0 saturated carbocycles. The summed E-state index contributed by atoms with van der Waals surface area (Å²) < 4.78 is 5.57. The summed E-state index contributed by atoms with van der Waals surface area (Å²) in [7, 11) is 0. The van der Waals surface area contributed by atoms with E-state index < -0.39 is 0 Å². The maximum Gasteiger partial charge on any atom is 0.119 e. The van der Waals surface area contributed by atoms with E-state index in [9.17, 15) is 0 Å². The Bertz CT molecular complexity index is 230. The van der Waals surface area contributed by atoms with Gasteiger partial charge in [-0.05, 0) is 37.6 Å². The first-order valence-corrected chi connectivity index (χ1v) is 4.57. The van der Waals surface area contributed by atoms with Crippen molar-refractivity contribution in [3.63, 3.8) is 0 Å². The zero-order valence-corrected chi connectivity index (χ0v) is 8.23. The standard InChI is InChI=1S/C10H13OS/c1-3-8(2)11-9-4-6-10(12)7-5-9/h4-8H,3H2,1-2H3. The highest BCUT2D eigenvalue weighted by Gasteiger charge is 1.99. The quantitative estimate of drug-likeness (QED) is 0.694. The Morgan fingerprint density at radius 3 is 2.42 bits per heavy atom. The molecule has 1 radical (unpaired) electrons. The fourth-order valence-electron chi connectivity index (χ4n) is 0.834. The summed E-state index contributed by atoms with van der Waals surface area (Å²) in [6.07, 6.45) is 1.30. The van der Waals surface area contributed by atoms with E-state index in [0.717, 1.165) is 17.1 Å². The third-order valence-corrected chi connectivity index (χ3v) is 2.01. The molecule has 0 aromatic heterocycles. The lowest BCUT2D eigenvalue weighted by Gasteiger charge is -2.11. The van der Waals surface area contributed by atoms with Crippen molar-refractivity contribution < 1.29 is 4.74 Å². The summed E-state index contributed by atoms with van der Waals surface area (Å²) >= 11 is 4.96. The van der Waals surface area contributed by atoms with Gasteiger partial charge in [0.25, 0.3) is 0 Å². The molecule has 2 heteroatoms. The molecule has 1 atom stereocenters. The molecule has 0 aliphatic carbocycles. The molecule has 0 N–H and O–H groups in total. The normalized spacial score (nSPS) is 12.5. The van der Waals surface area contributed by atoms with E-state index in [1.54, 1.807) is 0 Å². The second kappa shape index (κ2) is 4.31. The number of rotatable bonds is 3. The molecule has 0 aliphatic rings. The van der Waals surface area contributed by atoms with E-state index in [4.69, 9.17) is 17.4 Å². The van der Waals surface area contributed by atoms with E-state index in [2.05, 4.69) is 13.8 Å². The van der Waals surface area contributed by atoms with Crippen LogP contribution >= 0.6 is 12.6 Å². The average molecular weight is 181 g/mol. The predicted molar refractivity (Wildman–Crippen MR) is 52.7 cm³/mol. The largest absolute Gasteiger partial charge is 0.491 e. The van der Waals surface area contributed by atoms with Gasteiger partial charge in [0.1, 0.15) is 5.75 Å². The van der Waals surface area contributed by atoms with E-state index in [-0.39, 0.29) is 6.10 Å². The summed E-state index contributed by atoms with van der Waals surface area (Å²) in [5, 5.41) is 0. The first-order chi connectivity index (χ1) is 5.72. The molecular formula is C10H13OS. The third kappa shape index (κ3) is 2.70. The van der Waals surface area contributed by atoms with Gasteiger partial charge in [0.2, 0.25) is 0 Å². The van der Waals surface area contributed by atoms with E-state index in [1.807, 2.05) is 24.3 Å². The predicted octanol–water partition coefficient (Wildman–Crippen LogP) is 3.42. The Labute approximate surface area is 79.2 Å². The van der Waals surface area contributed by atoms with Gasteiger partial charge in [0, 0.05) is 4.90 Å². The van der Waals surface area contributed by atoms with Crippen LogP contribution in [0, 0.1) is 0 Å². The van der Waals surface area contributed by atoms with Crippen molar-refractivity contribution in [1.29, 1.82) is 0 Å². The molecule has 0 heterocycles. The maximum absolute atomic E-state index is 5.57. The smallest absolute Gasteiger partial charge is 0.119 e. The number of hydrogen-bond acceptors (Lipinski definition) is 1. The lowest BCUT2D eigenvalue weighted by molar-refractivity contribution is 0.217. The van der Waals surface area contributed by atoms with Gasteiger partial charge in [-0.2, -0.15) is 0 Å². The molecule has 12 heavy (non-hydrogen) atoms. The van der Waals surface area contributed by atoms with Crippen LogP contribution in [0.5, 0.6) is 5.75 Å². The van der Waals surface area contributed by atoms with Crippen LogP contribution in [0.25, 0.3) is 0 Å². The highest BCUT2D eigenvalue weighted by molar-refractivity contribution is 7.80. The molecular weight excluding hydrogens is 168 g/mol. The Hall–Kier alpha value is -0.760. The lowest BCUT2D eigenvalue weighted by Crippen LogP contribution is -2.09. The SMILES string of the molecule is CCC(C)Oc1ccc([S])cc1. The van der Waals surface area contributed by atoms with Gasteiger partial charge in [-0.25, -0.2) is 0 Å². The molecule has 1 aromatic carbocycles. The van der Waals surface area contributed by atoms with Crippen molar-refractivity contribution in [2.24, 2.45) is 0 Å². The van der Waals surface area contributed by atoms with Crippen LogP contribution in [0.4, 0.5) is 0 Å². The summed E-state index contributed by atoms with van der Waals surface area (Å²) in [5.74, 6) is 0.901. The fraction of sp³-hybridized carbons (Fsp3) is 0.400. The van der Waals surface area contributed by atoms with Crippen molar-refractivity contribution in [3.8, 4) is 5.75 Å². The molecule has 0 saturated heterocycles. The molecule has 0 fully saturated rings. The third-order valence-electron chi connectivity index (χ3n) is 1.74. The average Bonchev–Trinajstić information content (AvgIpc) is 2.09. The topological polar surface area (TPSA) is 9.23 Å². The van der Waals surface area contributed by atoms with Crippen LogP contribution in [0.2, 0.25) is 0 Å². The molecule has 65 valence electrons. The molecule has 0 amide bonds. The van der Waals surface area contributed by atoms with Crippen LogP contribution in [-0.2, 0) is 0 Å². The minimum absolute atomic E-state index is 0.279. The maximum atomic E-state index is 5.57. The lowest BCUT2D eigenvalue weighted by atomic mass is 10.3. The minimum atomic E-state index is 0.279. The van der Waals surface area contributed by atoms with Crippen LogP contribution in [0.3, 0.4) is 0 Å². The van der Waals surface area contributed by atoms with Gasteiger partial charge in [-0.1, -0.05) is 19.6 Å². The Balaban J connectivity index is 2.58. The van der Waals surface area contributed by atoms with Crippen molar-refractivity contribution in [3.05, 3.63) is 24.3 Å². The highest BCUT2D eigenvalue weighted by Crippen LogP contribution is 2.16. The first-order valence-electron chi connectivity index (χ1n) is 4.16. The van der Waals surface area contributed by atoms with Crippen molar-refractivity contribution in [1.82, 2.24) is 0 Å². The zero-order chi connectivity index (χ0) is 8.97. The second-order valence-corrected chi connectivity index (χ2v) is 3.28. The van der Waals surface area contributed by atoms with Gasteiger partial charge in [-0.15, -0.1) is 0 Å². The number of hydrogen-bond donors (Lipinski definition) is 0. The number of ether oxygens (including phenoxy) is 1. The van der Waals surface area contributed by atoms with Gasteiger partial charge >= 0.3 is 0 Å². The van der Waals surface area contributed by atoms with E-state index in [0.29, 0.717) is 0 Å². The van der Waals surface area contributed by atoms with Crippen LogP contribution in [0.15, 0.2) is 29.2 Å². The van der Waals surface area contributed by atoms with E-state index in [1.165, 1.54) is 0 Å². The molecule has 1 aromatic rings. The van der Waals surface area contributed by atoms with Gasteiger partial charge in [0.15, 0.2) is 0 Å². The van der Waals surface area contributed by atoms with Gasteiger partial charge in [0.05, 0.1) is 6.10 Å². The molecule has 1 nitrogen and oxygen atoms in total. The fourth-order valence-corrected chi connectivity index (χ4v) is 0.970. The van der Waals surface area contributed by atoms with E-state index >= 15 is 0 Å². The molecule has 0 aliphatic heterocycles. The second-order valence-electron chi connectivity index (χ2n) is 2.81. The van der Waals surface area contributed by atoms with Gasteiger partial charge < -0.3 is 4.74 Å². The summed E-state index contributed by atoms with van der Waals surface area (Å²) in [6.45, 7) is 4.16.